The van der Waals surface area contributed by atoms with Crippen molar-refractivity contribution in [2.75, 3.05) is 6.61 Å². The van der Waals surface area contributed by atoms with E-state index in [9.17, 15) is 0 Å². The summed E-state index contributed by atoms with van der Waals surface area (Å²) in [5.41, 5.74) is 1.58. The van der Waals surface area contributed by atoms with Crippen molar-refractivity contribution in [3.63, 3.8) is 0 Å². The lowest BCUT2D eigenvalue weighted by atomic mass is 10.1. The van der Waals surface area contributed by atoms with Gasteiger partial charge in [0.05, 0.1) is 12.3 Å². The number of hydrogen-bond acceptors (Lipinski definition) is 3. The minimum atomic E-state index is 0.678. The number of para-hydroxylation sites is 1. The largest absolute Gasteiger partial charge is 0.493 e. The van der Waals surface area contributed by atoms with Crippen LogP contribution in [0.4, 0.5) is 0 Å². The van der Waals surface area contributed by atoms with Crippen LogP contribution in [0.3, 0.4) is 0 Å². The van der Waals surface area contributed by atoms with E-state index < -0.39 is 0 Å². The molecule has 3 nitrogen and oxygen atoms in total. The van der Waals surface area contributed by atoms with Gasteiger partial charge in [-0.05, 0) is 37.3 Å². The first-order valence-electron chi connectivity index (χ1n) is 6.78. The average molecular weight is 247 g/mol. The summed E-state index contributed by atoms with van der Waals surface area (Å²) < 4.78 is 5.91. The zero-order valence-corrected chi connectivity index (χ0v) is 10.9. The fourth-order valence-corrected chi connectivity index (χ4v) is 2.53. The average Bonchev–Trinajstić information content (AvgIpc) is 2.92. The third kappa shape index (κ3) is 3.03. The maximum Gasteiger partial charge on any atom is 0.128 e. The van der Waals surface area contributed by atoms with Crippen molar-refractivity contribution < 1.29 is 9.94 Å². The normalized spacial score (nSPS) is 17.1. The molecule has 1 aromatic carbocycles. The lowest BCUT2D eigenvalue weighted by Gasteiger charge is -2.14. The van der Waals surface area contributed by atoms with Gasteiger partial charge < -0.3 is 9.94 Å². The van der Waals surface area contributed by atoms with E-state index in [1.165, 1.54) is 25.7 Å². The molecule has 0 aliphatic heterocycles. The Kier molecular flexibility index (Phi) is 4.62. The monoisotopic (exact) mass is 247 g/mol. The third-order valence-electron chi connectivity index (χ3n) is 3.60. The molecule has 2 rings (SSSR count). The van der Waals surface area contributed by atoms with Crippen LogP contribution in [0.25, 0.3) is 0 Å². The summed E-state index contributed by atoms with van der Waals surface area (Å²) in [5, 5.41) is 12.4. The highest BCUT2D eigenvalue weighted by Gasteiger charge is 2.17. The molecule has 0 bridgehead atoms. The molecular weight excluding hydrogens is 226 g/mol. The van der Waals surface area contributed by atoms with Crippen molar-refractivity contribution in [2.24, 2.45) is 11.1 Å². The molecule has 0 heterocycles. The minimum absolute atomic E-state index is 0.678. The summed E-state index contributed by atoms with van der Waals surface area (Å²) in [6.07, 6.45) is 5.90. The van der Waals surface area contributed by atoms with Gasteiger partial charge in [0.25, 0.3) is 0 Å². The van der Waals surface area contributed by atoms with Gasteiger partial charge in [0.2, 0.25) is 0 Å². The summed E-state index contributed by atoms with van der Waals surface area (Å²) in [4.78, 5) is 0. The van der Waals surface area contributed by atoms with Gasteiger partial charge in [0, 0.05) is 5.56 Å². The highest BCUT2D eigenvalue weighted by molar-refractivity contribution is 6.02. The summed E-state index contributed by atoms with van der Waals surface area (Å²) >= 11 is 0. The molecule has 0 aromatic heterocycles. The molecule has 1 N–H and O–H groups in total. The maximum atomic E-state index is 9.02. The van der Waals surface area contributed by atoms with Crippen molar-refractivity contribution in [1.82, 2.24) is 0 Å². The minimum Gasteiger partial charge on any atom is -0.493 e. The van der Waals surface area contributed by atoms with Crippen LogP contribution in [0.5, 0.6) is 5.75 Å². The molecule has 1 aromatic rings. The topological polar surface area (TPSA) is 41.8 Å². The molecule has 0 unspecified atom stereocenters. The Balaban J connectivity index is 2.07. The zero-order chi connectivity index (χ0) is 12.8. The molecule has 1 aliphatic carbocycles. The van der Waals surface area contributed by atoms with Crippen LogP contribution in [0.15, 0.2) is 29.4 Å². The van der Waals surface area contributed by atoms with E-state index in [1.807, 2.05) is 31.2 Å². The van der Waals surface area contributed by atoms with Crippen LogP contribution >= 0.6 is 0 Å². The van der Waals surface area contributed by atoms with Gasteiger partial charge in [-0.25, -0.2) is 0 Å². The summed E-state index contributed by atoms with van der Waals surface area (Å²) in [7, 11) is 0. The Labute approximate surface area is 108 Å². The third-order valence-corrected chi connectivity index (χ3v) is 3.60. The highest BCUT2D eigenvalue weighted by Crippen LogP contribution is 2.27. The number of rotatable bonds is 5. The van der Waals surface area contributed by atoms with Crippen molar-refractivity contribution in [1.29, 1.82) is 0 Å². The van der Waals surface area contributed by atoms with Crippen molar-refractivity contribution >= 4 is 5.71 Å². The molecule has 18 heavy (non-hydrogen) atoms. The second kappa shape index (κ2) is 6.43. The smallest absolute Gasteiger partial charge is 0.128 e. The highest BCUT2D eigenvalue weighted by atomic mass is 16.5. The van der Waals surface area contributed by atoms with Crippen LogP contribution in [0.2, 0.25) is 0 Å². The fraction of sp³-hybridized carbons (Fsp3) is 0.533. The van der Waals surface area contributed by atoms with Crippen molar-refractivity contribution in [2.45, 2.75) is 39.0 Å². The Morgan fingerprint density at radius 2 is 2.06 bits per heavy atom. The number of nitrogens with zero attached hydrogens (tertiary/aromatic N) is 1. The lowest BCUT2D eigenvalue weighted by molar-refractivity contribution is 0.251. The molecule has 98 valence electrons. The molecular formula is C15H21NO2. The van der Waals surface area contributed by atoms with Crippen LogP contribution in [0, 0.1) is 5.92 Å². The second-order valence-corrected chi connectivity index (χ2v) is 4.86. The SMILES string of the molecule is CC/C(=N/O)c1ccccc1OCC1CCCC1. The van der Waals surface area contributed by atoms with Crippen LogP contribution in [-0.4, -0.2) is 17.5 Å². The van der Waals surface area contributed by atoms with E-state index in [0.29, 0.717) is 18.1 Å². The summed E-state index contributed by atoms with van der Waals surface area (Å²) in [6, 6.07) is 7.80. The van der Waals surface area contributed by atoms with Gasteiger partial charge in [-0.3, -0.25) is 0 Å². The van der Waals surface area contributed by atoms with E-state index in [0.717, 1.165) is 17.9 Å². The second-order valence-electron chi connectivity index (χ2n) is 4.86. The molecule has 0 amide bonds. The Hall–Kier alpha value is -1.51. The van der Waals surface area contributed by atoms with Crippen LogP contribution in [0.1, 0.15) is 44.6 Å². The Bertz CT molecular complexity index is 409. The Morgan fingerprint density at radius 3 is 2.72 bits per heavy atom. The molecule has 3 heteroatoms. The number of ether oxygens (including phenoxy) is 1. The molecule has 1 aliphatic rings. The predicted molar refractivity (Wildman–Crippen MR) is 72.5 cm³/mol. The standard InChI is InChI=1S/C15H21NO2/c1-2-14(16-17)13-9-5-6-10-15(13)18-11-12-7-3-4-8-12/h5-6,9-10,12,17H,2-4,7-8,11H2,1H3/b16-14-. The number of benzene rings is 1. The molecule has 1 fully saturated rings. The first kappa shape index (κ1) is 12.9. The quantitative estimate of drug-likeness (QED) is 0.488. The molecule has 1 saturated carbocycles. The maximum absolute atomic E-state index is 9.02. The number of hydrogen-bond donors (Lipinski definition) is 1. The first-order chi connectivity index (χ1) is 8.85. The molecule has 0 saturated heterocycles. The van der Waals surface area contributed by atoms with Gasteiger partial charge in [0.1, 0.15) is 5.75 Å². The van der Waals surface area contributed by atoms with E-state index in [4.69, 9.17) is 9.94 Å². The van der Waals surface area contributed by atoms with Gasteiger partial charge in [-0.2, -0.15) is 0 Å². The van der Waals surface area contributed by atoms with E-state index >= 15 is 0 Å². The summed E-state index contributed by atoms with van der Waals surface area (Å²) in [5.74, 6) is 1.52. The fourth-order valence-electron chi connectivity index (χ4n) is 2.53. The molecule has 0 spiro atoms. The summed E-state index contributed by atoms with van der Waals surface area (Å²) in [6.45, 7) is 2.75. The van der Waals surface area contributed by atoms with Gasteiger partial charge in [0.15, 0.2) is 0 Å². The van der Waals surface area contributed by atoms with E-state index in [1.54, 1.807) is 0 Å². The molecule has 0 atom stereocenters. The first-order valence-corrected chi connectivity index (χ1v) is 6.78. The van der Waals surface area contributed by atoms with Crippen LogP contribution < -0.4 is 4.74 Å². The molecule has 0 radical (unpaired) electrons. The zero-order valence-electron chi connectivity index (χ0n) is 10.9. The van der Waals surface area contributed by atoms with Gasteiger partial charge in [-0.15, -0.1) is 0 Å². The number of oxime groups is 1. The van der Waals surface area contributed by atoms with Crippen LogP contribution in [-0.2, 0) is 0 Å². The Morgan fingerprint density at radius 1 is 1.33 bits per heavy atom. The van der Waals surface area contributed by atoms with Gasteiger partial charge >= 0.3 is 0 Å². The van der Waals surface area contributed by atoms with E-state index in [-0.39, 0.29) is 0 Å². The lowest BCUT2D eigenvalue weighted by Crippen LogP contribution is -2.11. The van der Waals surface area contributed by atoms with Crippen molar-refractivity contribution in [3.8, 4) is 5.75 Å². The van der Waals surface area contributed by atoms with Crippen molar-refractivity contribution in [3.05, 3.63) is 29.8 Å². The van der Waals surface area contributed by atoms with E-state index in [2.05, 4.69) is 5.16 Å². The van der Waals surface area contributed by atoms with Gasteiger partial charge in [-0.1, -0.05) is 37.1 Å². The predicted octanol–water partition coefficient (Wildman–Crippen LogP) is 3.84.